The molecular weight excluding hydrogens is 196 g/mol. The fraction of sp³-hybridized carbons (Fsp3) is 0.455. The Kier molecular flexibility index (Phi) is 3.19. The van der Waals surface area contributed by atoms with E-state index in [0.717, 1.165) is 0 Å². The number of rotatable bonds is 3. The van der Waals surface area contributed by atoms with E-state index in [1.165, 1.54) is 0 Å². The topological polar surface area (TPSA) is 58.9 Å². The number of hydrogen-bond donors (Lipinski definition) is 2. The van der Waals surface area contributed by atoms with Crippen LogP contribution in [0.1, 0.15) is 11.9 Å². The van der Waals surface area contributed by atoms with Gasteiger partial charge in [0.15, 0.2) is 6.29 Å². The van der Waals surface area contributed by atoms with Gasteiger partial charge in [-0.05, 0) is 12.1 Å². The van der Waals surface area contributed by atoms with Gasteiger partial charge < -0.3 is 19.7 Å². The van der Waals surface area contributed by atoms with Gasteiger partial charge in [0.2, 0.25) is 0 Å². The molecule has 0 amide bonds. The maximum Gasteiger partial charge on any atom is 0.192 e. The lowest BCUT2D eigenvalue weighted by molar-refractivity contribution is -0.0770. The molecule has 0 aromatic heterocycles. The average Bonchev–Trinajstić information content (AvgIpc) is 2.73. The monoisotopic (exact) mass is 208 g/mol. The summed E-state index contributed by atoms with van der Waals surface area (Å²) in [6, 6.07) is 11.0. The Labute approximate surface area is 88.1 Å². The lowest BCUT2D eigenvalue weighted by Gasteiger charge is -2.09. The van der Waals surface area contributed by atoms with Crippen LogP contribution in [0.5, 0.6) is 0 Å². The minimum Gasteiger partial charge on any atom is -0.394 e. The number of aliphatic hydroxyl groups is 2. The molecule has 1 aliphatic rings. The van der Waals surface area contributed by atoms with Gasteiger partial charge in [-0.2, -0.15) is 0 Å². The van der Waals surface area contributed by atoms with Crippen LogP contribution in [0.25, 0.3) is 0 Å². The maximum atomic E-state index is 9.00. The minimum atomic E-state index is -0.572. The van der Waals surface area contributed by atoms with E-state index in [1.54, 1.807) is 18.2 Å². The predicted octanol–water partition coefficient (Wildman–Crippen LogP) is 0.0542. The van der Waals surface area contributed by atoms with Crippen LogP contribution >= 0.6 is 0 Å². The molecule has 1 aliphatic heterocycles. The summed E-state index contributed by atoms with van der Waals surface area (Å²) >= 11 is 0. The Bertz CT molecular complexity index is 289. The van der Waals surface area contributed by atoms with Gasteiger partial charge in [-0.1, -0.05) is 18.2 Å². The maximum absolute atomic E-state index is 9.00. The van der Waals surface area contributed by atoms with Crippen molar-refractivity contribution in [3.63, 3.8) is 0 Å². The third kappa shape index (κ3) is 2.11. The normalized spacial score (nSPS) is 30.1. The number of hydrogen-bond acceptors (Lipinski definition) is 4. The molecule has 1 aromatic rings. The molecule has 0 radical (unpaired) electrons. The molecule has 0 bridgehead atoms. The van der Waals surface area contributed by atoms with Gasteiger partial charge >= 0.3 is 0 Å². The molecule has 1 aromatic carbocycles. The molecule has 3 atom stereocenters. The third-order valence-corrected chi connectivity index (χ3v) is 2.30. The summed E-state index contributed by atoms with van der Waals surface area (Å²) in [5, 5.41) is 18.0. The number of ether oxygens (including phenoxy) is 2. The van der Waals surface area contributed by atoms with Crippen molar-refractivity contribution in [3.8, 4) is 0 Å². The van der Waals surface area contributed by atoms with Crippen LogP contribution < -0.4 is 0 Å². The van der Waals surface area contributed by atoms with Gasteiger partial charge in [0, 0.05) is 0 Å². The fourth-order valence-electron chi connectivity index (χ4n) is 1.50. The first-order chi connectivity index (χ1) is 7.35. The first-order valence-corrected chi connectivity index (χ1v) is 4.76. The second kappa shape index (κ2) is 4.60. The summed E-state index contributed by atoms with van der Waals surface area (Å²) in [6.45, 7) is -0.337. The van der Waals surface area contributed by atoms with Crippen molar-refractivity contribution in [2.75, 3.05) is 13.2 Å². The first-order valence-electron chi connectivity index (χ1n) is 4.76. The highest BCUT2D eigenvalue weighted by molar-refractivity contribution is 5.10. The molecule has 2 unspecified atom stereocenters. The Balaban J connectivity index is 2.08. The van der Waals surface area contributed by atoms with E-state index >= 15 is 0 Å². The van der Waals surface area contributed by atoms with Crippen molar-refractivity contribution in [2.24, 2.45) is 0 Å². The fourth-order valence-corrected chi connectivity index (χ4v) is 1.50. The molecule has 0 spiro atoms. The van der Waals surface area contributed by atoms with Crippen LogP contribution in [0.3, 0.4) is 0 Å². The van der Waals surface area contributed by atoms with Gasteiger partial charge in [-0.15, -0.1) is 0 Å². The van der Waals surface area contributed by atoms with E-state index in [-0.39, 0.29) is 13.2 Å². The molecule has 0 saturated carbocycles. The summed E-state index contributed by atoms with van der Waals surface area (Å²) in [5.74, 6) is 0. The highest BCUT2D eigenvalue weighted by Crippen LogP contribution is 2.29. The predicted molar refractivity (Wildman–Crippen MR) is 50.8 cm³/mol. The third-order valence-electron chi connectivity index (χ3n) is 2.30. The second-order valence-corrected chi connectivity index (χ2v) is 3.30. The van der Waals surface area contributed by atoms with Crippen molar-refractivity contribution in [3.05, 3.63) is 35.9 Å². The lowest BCUT2D eigenvalue weighted by atomic mass is 10.2. The molecule has 2 N–H and O–H groups in total. The van der Waals surface area contributed by atoms with Crippen LogP contribution in [-0.2, 0) is 9.47 Å². The molecule has 15 heavy (non-hydrogen) atoms. The standard InChI is InChI=1S/C11H12O4/c12-6-9-10(7-13)15-11(14-9)8-4-2-1-3-5-8/h1-2,4,9-13H,6-7H2/t9-,10?,11?/m0/s1. The SMILES string of the molecule is OCC1OC(c2c#cccc2)O[C@H]1CO. The highest BCUT2D eigenvalue weighted by atomic mass is 16.7. The quantitative estimate of drug-likeness (QED) is 0.737. The highest BCUT2D eigenvalue weighted by Gasteiger charge is 2.36. The zero-order chi connectivity index (χ0) is 10.7. The zero-order valence-corrected chi connectivity index (χ0v) is 8.09. The van der Waals surface area contributed by atoms with Crippen molar-refractivity contribution < 1.29 is 19.7 Å². The van der Waals surface area contributed by atoms with E-state index in [1.807, 2.05) is 0 Å². The molecule has 1 heterocycles. The van der Waals surface area contributed by atoms with Crippen molar-refractivity contribution in [2.45, 2.75) is 18.5 Å². The van der Waals surface area contributed by atoms with Gasteiger partial charge in [0.1, 0.15) is 12.2 Å². The molecular formula is C11H12O4. The van der Waals surface area contributed by atoms with Gasteiger partial charge in [-0.3, -0.25) is 0 Å². The Morgan fingerprint density at radius 1 is 1.20 bits per heavy atom. The van der Waals surface area contributed by atoms with Gasteiger partial charge in [0.25, 0.3) is 0 Å². The average molecular weight is 208 g/mol. The lowest BCUT2D eigenvalue weighted by Crippen LogP contribution is -2.29. The van der Waals surface area contributed by atoms with Crippen LogP contribution in [0.4, 0.5) is 0 Å². The van der Waals surface area contributed by atoms with E-state index in [0.29, 0.717) is 5.56 Å². The Hall–Kier alpha value is -1.12. The van der Waals surface area contributed by atoms with Crippen LogP contribution in [0.15, 0.2) is 18.2 Å². The molecule has 80 valence electrons. The first kappa shape index (κ1) is 10.4. The molecule has 4 nitrogen and oxygen atoms in total. The van der Waals surface area contributed by atoms with Gasteiger partial charge in [-0.25, -0.2) is 0 Å². The Morgan fingerprint density at radius 3 is 2.33 bits per heavy atom. The van der Waals surface area contributed by atoms with Crippen molar-refractivity contribution >= 4 is 0 Å². The molecule has 1 saturated heterocycles. The smallest absolute Gasteiger partial charge is 0.192 e. The Morgan fingerprint density at radius 2 is 1.87 bits per heavy atom. The van der Waals surface area contributed by atoms with Crippen LogP contribution in [0.2, 0.25) is 0 Å². The van der Waals surface area contributed by atoms with E-state index < -0.39 is 18.5 Å². The second-order valence-electron chi connectivity index (χ2n) is 3.30. The summed E-state index contributed by atoms with van der Waals surface area (Å²) in [4.78, 5) is 0. The molecule has 0 aliphatic carbocycles. The van der Waals surface area contributed by atoms with Crippen molar-refractivity contribution in [1.29, 1.82) is 0 Å². The molecule has 1 fully saturated rings. The minimum absolute atomic E-state index is 0.168. The van der Waals surface area contributed by atoms with E-state index in [9.17, 15) is 0 Å². The van der Waals surface area contributed by atoms with Crippen LogP contribution in [0, 0.1) is 12.1 Å². The molecule has 2 rings (SSSR count). The van der Waals surface area contributed by atoms with Crippen molar-refractivity contribution in [1.82, 2.24) is 0 Å². The summed E-state index contributed by atoms with van der Waals surface area (Å²) < 4.78 is 10.8. The zero-order valence-electron chi connectivity index (χ0n) is 8.09. The van der Waals surface area contributed by atoms with Gasteiger partial charge in [0.05, 0.1) is 18.8 Å². The van der Waals surface area contributed by atoms with Crippen LogP contribution in [-0.4, -0.2) is 35.6 Å². The number of aliphatic hydroxyl groups excluding tert-OH is 2. The summed E-state index contributed by atoms with van der Waals surface area (Å²) in [6.07, 6.45) is -1.53. The van der Waals surface area contributed by atoms with E-state index in [4.69, 9.17) is 19.7 Å². The van der Waals surface area contributed by atoms with E-state index in [2.05, 4.69) is 12.1 Å². The largest absolute Gasteiger partial charge is 0.394 e. The molecule has 4 heteroatoms. The summed E-state index contributed by atoms with van der Waals surface area (Å²) in [5.41, 5.74) is 0.715. The summed E-state index contributed by atoms with van der Waals surface area (Å²) in [7, 11) is 0.